The van der Waals surface area contributed by atoms with Crippen LogP contribution in [0.5, 0.6) is 0 Å². The second-order valence-electron chi connectivity index (χ2n) is 9.31. The minimum atomic E-state index is -0.159. The number of carbonyl (C=O) groups excluding carboxylic acids is 2. The van der Waals surface area contributed by atoms with E-state index in [4.69, 9.17) is 0 Å². The molecule has 0 fully saturated rings. The number of aromatic nitrogens is 1. The molecule has 2 aliphatic rings. The van der Waals surface area contributed by atoms with Gasteiger partial charge in [-0.25, -0.2) is 0 Å². The number of allylic oxidation sites excluding steroid dienone is 1. The van der Waals surface area contributed by atoms with Crippen LogP contribution < -0.4 is 0 Å². The van der Waals surface area contributed by atoms with Gasteiger partial charge in [0.25, 0.3) is 0 Å². The molecule has 0 atom stereocenters. The molecule has 7 rings (SSSR count). The van der Waals surface area contributed by atoms with E-state index in [-0.39, 0.29) is 31.5 Å². The molecule has 0 amide bonds. The summed E-state index contributed by atoms with van der Waals surface area (Å²) in [6.07, 6.45) is 1.85. The van der Waals surface area contributed by atoms with Gasteiger partial charge in [-0.2, -0.15) is 0 Å². The summed E-state index contributed by atoms with van der Waals surface area (Å²) in [4.78, 5) is 25.9. The molecule has 4 heteroatoms. The van der Waals surface area contributed by atoms with E-state index in [1.54, 1.807) is 12.1 Å². The van der Waals surface area contributed by atoms with Crippen molar-refractivity contribution in [3.05, 3.63) is 105 Å². The van der Waals surface area contributed by atoms with Crippen LogP contribution in [0.1, 0.15) is 50.1 Å². The van der Waals surface area contributed by atoms with Crippen LogP contribution >= 0.6 is 0 Å². The molecule has 0 saturated carbocycles. The van der Waals surface area contributed by atoms with Crippen molar-refractivity contribution in [1.82, 2.24) is 4.57 Å². The number of fused-ring (bicyclic) bond motifs is 6. The van der Waals surface area contributed by atoms with Gasteiger partial charge >= 0.3 is 197 Å². The number of hydrogen-bond acceptors (Lipinski definition) is 2. The Labute approximate surface area is 196 Å². The van der Waals surface area contributed by atoms with Crippen molar-refractivity contribution in [3.63, 3.8) is 0 Å². The Bertz CT molecular complexity index is 1690. The van der Waals surface area contributed by atoms with Gasteiger partial charge in [0.05, 0.1) is 0 Å². The van der Waals surface area contributed by atoms with Crippen molar-refractivity contribution in [2.45, 2.75) is 19.3 Å². The van der Waals surface area contributed by atoms with Crippen LogP contribution in [0.25, 0.3) is 32.4 Å². The molecule has 1 aliphatic heterocycles. The quantitative estimate of drug-likeness (QED) is 0.165. The fraction of sp³-hybridized carbons (Fsp3) is 0.103. The van der Waals surface area contributed by atoms with Gasteiger partial charge in [0.2, 0.25) is 0 Å². The van der Waals surface area contributed by atoms with Crippen molar-refractivity contribution in [2.24, 2.45) is 0 Å². The number of para-hydroxylation sites is 2. The van der Waals surface area contributed by atoms with E-state index in [0.29, 0.717) is 16.7 Å². The summed E-state index contributed by atoms with van der Waals surface area (Å²) in [7, 11) is 0. The summed E-state index contributed by atoms with van der Waals surface area (Å²) in [5.74, 6) is -0.318. The normalized spacial score (nSPS) is 15.9. The Balaban J connectivity index is 1.49. The van der Waals surface area contributed by atoms with Crippen LogP contribution in [0.2, 0.25) is 0 Å². The molecule has 3 heterocycles. The van der Waals surface area contributed by atoms with Crippen LogP contribution in [-0.4, -0.2) is 30.6 Å². The Kier molecular flexibility index (Phi) is 3.65. The molecule has 1 aliphatic carbocycles. The fourth-order valence-corrected chi connectivity index (χ4v) is 8.20. The van der Waals surface area contributed by atoms with Gasteiger partial charge in [-0.1, -0.05) is 0 Å². The summed E-state index contributed by atoms with van der Waals surface area (Å²) >= 11 is -0.0167. The van der Waals surface area contributed by atoms with E-state index >= 15 is 0 Å². The van der Waals surface area contributed by atoms with Gasteiger partial charge in [0, 0.05) is 0 Å². The molecule has 5 aromatic rings. The first-order valence-corrected chi connectivity index (χ1v) is 12.8. The second-order valence-corrected chi connectivity index (χ2v) is 11.5. The number of Topliss-reactive ketones (excluding diaryl/α,β-unsaturated/α-hetero) is 2. The predicted molar refractivity (Wildman–Crippen MR) is 133 cm³/mol. The molecule has 0 bridgehead atoms. The van der Waals surface area contributed by atoms with E-state index in [2.05, 4.69) is 66.9 Å². The topological polar surface area (TPSA) is 39.1 Å². The third-order valence-corrected chi connectivity index (χ3v) is 9.41. The monoisotopic (exact) mass is 493 g/mol. The van der Waals surface area contributed by atoms with Gasteiger partial charge in [-0.15, -0.1) is 0 Å². The average molecular weight is 492 g/mol. The number of carbonyl (C=O) groups is 2. The predicted octanol–water partition coefficient (Wildman–Crippen LogP) is 5.94. The standard InChI is InChI=1S/C29H19NO2Se/c1-29(2)22-12-7-11-18-17-8-5-6-13-24(17)30(25(18)22)28-23(29)15-16(33-28)14-21-26(31)19-9-3-4-10-20(19)27(21)32/h3-15H,1-2H3. The first-order valence-electron chi connectivity index (χ1n) is 11.0. The zero-order valence-corrected chi connectivity index (χ0v) is 19.9. The van der Waals surface area contributed by atoms with E-state index in [9.17, 15) is 9.59 Å². The van der Waals surface area contributed by atoms with E-state index in [1.165, 1.54) is 37.5 Å². The van der Waals surface area contributed by atoms with Crippen LogP contribution in [-0.2, 0) is 5.41 Å². The van der Waals surface area contributed by atoms with Gasteiger partial charge in [0.1, 0.15) is 0 Å². The average Bonchev–Trinajstić information content (AvgIpc) is 3.47. The number of nitrogens with zero attached hydrogens (tertiary/aromatic N) is 1. The van der Waals surface area contributed by atoms with E-state index in [1.807, 2.05) is 18.2 Å². The Morgan fingerprint density at radius 1 is 0.788 bits per heavy atom. The first-order chi connectivity index (χ1) is 16.0. The molecule has 3 nitrogen and oxygen atoms in total. The third kappa shape index (κ3) is 2.35. The maximum absolute atomic E-state index is 13.0. The number of hydrogen-bond donors (Lipinski definition) is 0. The Hall–Kier alpha value is -3.46. The Morgan fingerprint density at radius 2 is 1.45 bits per heavy atom. The third-order valence-electron chi connectivity index (χ3n) is 7.17. The van der Waals surface area contributed by atoms with Gasteiger partial charge < -0.3 is 0 Å². The molecular weight excluding hydrogens is 473 g/mol. The summed E-state index contributed by atoms with van der Waals surface area (Å²) in [5, 5.41) is 2.54. The van der Waals surface area contributed by atoms with Crippen LogP contribution in [0.3, 0.4) is 0 Å². The van der Waals surface area contributed by atoms with Crippen LogP contribution in [0.15, 0.2) is 78.4 Å². The summed E-state index contributed by atoms with van der Waals surface area (Å²) in [6, 6.07) is 24.5. The molecule has 2 aromatic heterocycles. The molecule has 3 aromatic carbocycles. The maximum atomic E-state index is 13.0. The Morgan fingerprint density at radius 3 is 2.21 bits per heavy atom. The SMILES string of the molecule is CC1(C)c2cc(C=C3C(=O)c4ccccc4C3=O)[se]c2-n2c3ccccc3c3cccc1c32. The molecule has 33 heavy (non-hydrogen) atoms. The first kappa shape index (κ1) is 19.0. The van der Waals surface area contributed by atoms with Gasteiger partial charge in [0.15, 0.2) is 0 Å². The van der Waals surface area contributed by atoms with Gasteiger partial charge in [-0.3, -0.25) is 0 Å². The number of ketones is 2. The molecule has 0 unspecified atom stereocenters. The molecular formula is C29H19NO2Se. The van der Waals surface area contributed by atoms with Crippen LogP contribution in [0.4, 0.5) is 0 Å². The zero-order valence-electron chi connectivity index (χ0n) is 18.2. The van der Waals surface area contributed by atoms with Crippen molar-refractivity contribution in [3.8, 4) is 4.56 Å². The number of benzene rings is 3. The summed E-state index contributed by atoms with van der Waals surface area (Å²) < 4.78 is 4.80. The zero-order chi connectivity index (χ0) is 22.5. The summed E-state index contributed by atoms with van der Waals surface area (Å²) in [6.45, 7) is 4.56. The molecule has 0 radical (unpaired) electrons. The van der Waals surface area contributed by atoms with E-state index in [0.717, 1.165) is 4.44 Å². The van der Waals surface area contributed by atoms with Crippen LogP contribution in [0, 0.1) is 0 Å². The summed E-state index contributed by atoms with van der Waals surface area (Å²) in [5.41, 5.74) is 6.27. The van der Waals surface area contributed by atoms with Crippen molar-refractivity contribution in [2.75, 3.05) is 0 Å². The second kappa shape index (κ2) is 6.32. The minimum absolute atomic E-state index is 0.0167. The molecule has 0 saturated heterocycles. The van der Waals surface area contributed by atoms with Crippen molar-refractivity contribution >= 4 is 54.0 Å². The number of rotatable bonds is 1. The van der Waals surface area contributed by atoms with Gasteiger partial charge in [-0.05, 0) is 0 Å². The van der Waals surface area contributed by atoms with Crippen molar-refractivity contribution < 1.29 is 9.59 Å². The van der Waals surface area contributed by atoms with E-state index < -0.39 is 0 Å². The van der Waals surface area contributed by atoms with Crippen molar-refractivity contribution in [1.29, 1.82) is 0 Å². The molecule has 0 N–H and O–H groups in total. The molecule has 158 valence electrons. The fourth-order valence-electron chi connectivity index (χ4n) is 5.51. The molecule has 0 spiro atoms.